The van der Waals surface area contributed by atoms with Crippen LogP contribution < -0.4 is 10.1 Å². The molecular weight excluding hydrogens is 609 g/mol. The number of amides is 2. The van der Waals surface area contributed by atoms with Crippen molar-refractivity contribution in [1.82, 2.24) is 25.1 Å². The van der Waals surface area contributed by atoms with Crippen LogP contribution in [0, 0.1) is 11.7 Å². The Kier molecular flexibility index (Phi) is 9.67. The van der Waals surface area contributed by atoms with E-state index in [0.29, 0.717) is 30.8 Å². The van der Waals surface area contributed by atoms with Gasteiger partial charge in [0.15, 0.2) is 11.6 Å². The van der Waals surface area contributed by atoms with Crippen LogP contribution in [0.2, 0.25) is 0 Å². The number of rotatable bonds is 11. The summed E-state index contributed by atoms with van der Waals surface area (Å²) >= 11 is 1.47. The molecule has 2 N–H and O–H groups in total. The van der Waals surface area contributed by atoms with E-state index in [0.717, 1.165) is 58.8 Å². The Morgan fingerprint density at radius 1 is 1.04 bits per heavy atom. The molecule has 0 radical (unpaired) electrons. The number of aromatic nitrogens is 2. The second-order valence-electron chi connectivity index (χ2n) is 12.0. The van der Waals surface area contributed by atoms with Crippen molar-refractivity contribution in [3.8, 4) is 22.1 Å². The molecule has 2 fully saturated rings. The van der Waals surface area contributed by atoms with Crippen LogP contribution in [0.15, 0.2) is 54.9 Å². The molecule has 240 valence electrons. The molecule has 12 heteroatoms. The normalized spacial score (nSPS) is 15.9. The van der Waals surface area contributed by atoms with Gasteiger partial charge in [-0.05, 0) is 48.2 Å². The first-order chi connectivity index (χ1) is 22.2. The van der Waals surface area contributed by atoms with E-state index in [1.54, 1.807) is 29.3 Å². The standard InChI is InChI=1S/C34H36FN5O5S/c1-21(42)40-18-24(19-40)13-26(43)12-22-3-5-30(27(35)14-22)45-31-6-9-36-29-15-32(46-34(29)31)28-4-2-23(16-37-28)17-39-10-7-25(8-11-39)38-33(44)20-41/h2-6,9,14-16,24-25,41H,7-8,10-13,17-20H2,1H3,(H,38,44). The Hall–Kier alpha value is -4.26. The van der Waals surface area contributed by atoms with Crippen molar-refractivity contribution in [2.45, 2.75) is 45.2 Å². The molecule has 2 amide bonds. The van der Waals surface area contributed by atoms with Crippen LogP contribution in [0.5, 0.6) is 11.5 Å². The maximum atomic E-state index is 15.1. The minimum Gasteiger partial charge on any atom is -0.453 e. The van der Waals surface area contributed by atoms with Gasteiger partial charge in [0, 0.05) is 82.9 Å². The van der Waals surface area contributed by atoms with Crippen molar-refractivity contribution in [1.29, 1.82) is 0 Å². The third-order valence-electron chi connectivity index (χ3n) is 8.49. The lowest BCUT2D eigenvalue weighted by Crippen LogP contribution is -2.49. The number of likely N-dealkylation sites (tertiary alicyclic amines) is 2. The fraction of sp³-hybridized carbons (Fsp3) is 0.382. The lowest BCUT2D eigenvalue weighted by Gasteiger charge is -2.38. The number of aliphatic hydroxyl groups excluding tert-OH is 1. The van der Waals surface area contributed by atoms with Crippen molar-refractivity contribution < 1.29 is 28.6 Å². The summed E-state index contributed by atoms with van der Waals surface area (Å²) in [5.74, 6) is -0.107. The molecule has 2 aliphatic rings. The fourth-order valence-corrected chi connectivity index (χ4v) is 7.03. The molecule has 0 spiro atoms. The van der Waals surface area contributed by atoms with Gasteiger partial charge in [-0.3, -0.25) is 29.3 Å². The highest BCUT2D eigenvalue weighted by Gasteiger charge is 2.30. The molecule has 6 rings (SSSR count). The quantitative estimate of drug-likeness (QED) is 0.247. The number of piperidine rings is 1. The third kappa shape index (κ3) is 7.57. The average molecular weight is 646 g/mol. The Morgan fingerprint density at radius 3 is 2.52 bits per heavy atom. The van der Waals surface area contributed by atoms with Gasteiger partial charge in [-0.15, -0.1) is 11.3 Å². The van der Waals surface area contributed by atoms with Crippen molar-refractivity contribution >= 4 is 39.2 Å². The molecule has 0 atom stereocenters. The highest BCUT2D eigenvalue weighted by Crippen LogP contribution is 2.39. The van der Waals surface area contributed by atoms with Crippen LogP contribution in [-0.2, 0) is 27.3 Å². The molecule has 4 aromatic rings. The van der Waals surface area contributed by atoms with E-state index in [1.165, 1.54) is 24.3 Å². The van der Waals surface area contributed by atoms with E-state index in [9.17, 15) is 14.4 Å². The van der Waals surface area contributed by atoms with Crippen LogP contribution in [0.4, 0.5) is 4.39 Å². The smallest absolute Gasteiger partial charge is 0.245 e. The van der Waals surface area contributed by atoms with Gasteiger partial charge in [0.25, 0.3) is 0 Å². The molecule has 0 aliphatic carbocycles. The van der Waals surface area contributed by atoms with E-state index >= 15 is 4.39 Å². The molecular formula is C34H36FN5O5S. The first-order valence-electron chi connectivity index (χ1n) is 15.4. The Labute approximate surface area is 270 Å². The van der Waals surface area contributed by atoms with Gasteiger partial charge in [-0.25, -0.2) is 4.39 Å². The number of nitrogens with one attached hydrogen (secondary N) is 1. The highest BCUT2D eigenvalue weighted by molar-refractivity contribution is 7.22. The van der Waals surface area contributed by atoms with Gasteiger partial charge in [0.05, 0.1) is 20.8 Å². The van der Waals surface area contributed by atoms with Gasteiger partial charge in [-0.2, -0.15) is 0 Å². The SMILES string of the molecule is CC(=O)N1CC(CC(=O)Cc2ccc(Oc3ccnc4cc(-c5ccc(CN6CCC(NC(=O)CO)CC6)cn5)sc34)c(F)c2)C1. The molecule has 0 bridgehead atoms. The number of ketones is 1. The average Bonchev–Trinajstić information content (AvgIpc) is 3.46. The number of aliphatic hydroxyl groups is 1. The molecule has 2 saturated heterocycles. The van der Waals surface area contributed by atoms with Crippen LogP contribution >= 0.6 is 11.3 Å². The molecule has 46 heavy (non-hydrogen) atoms. The lowest BCUT2D eigenvalue weighted by atomic mass is 9.92. The first kappa shape index (κ1) is 31.7. The monoisotopic (exact) mass is 645 g/mol. The molecule has 1 aromatic carbocycles. The van der Waals surface area contributed by atoms with Gasteiger partial charge in [0.1, 0.15) is 18.1 Å². The summed E-state index contributed by atoms with van der Waals surface area (Å²) in [7, 11) is 0. The molecule has 0 unspecified atom stereocenters. The number of Topliss-reactive ketones (excluding diaryl/α,β-unsaturated/α-hetero) is 1. The van der Waals surface area contributed by atoms with Crippen molar-refractivity contribution in [3.63, 3.8) is 0 Å². The Bertz CT molecular complexity index is 1730. The Balaban J connectivity index is 1.06. The fourth-order valence-electron chi connectivity index (χ4n) is 5.99. The summed E-state index contributed by atoms with van der Waals surface area (Å²) < 4.78 is 21.9. The summed E-state index contributed by atoms with van der Waals surface area (Å²) in [6, 6.07) is 12.4. The second kappa shape index (κ2) is 14.0. The largest absolute Gasteiger partial charge is 0.453 e. The summed E-state index contributed by atoms with van der Waals surface area (Å²) in [4.78, 5) is 49.4. The number of ether oxygens (including phenoxy) is 1. The van der Waals surface area contributed by atoms with Gasteiger partial charge >= 0.3 is 0 Å². The lowest BCUT2D eigenvalue weighted by molar-refractivity contribution is -0.137. The summed E-state index contributed by atoms with van der Waals surface area (Å²) in [5.41, 5.74) is 3.20. The van der Waals surface area contributed by atoms with Gasteiger partial charge in [0.2, 0.25) is 11.8 Å². The van der Waals surface area contributed by atoms with E-state index < -0.39 is 12.4 Å². The first-order valence-corrected chi connectivity index (χ1v) is 16.3. The number of benzene rings is 1. The number of fused-ring (bicyclic) bond motifs is 1. The zero-order valence-electron chi connectivity index (χ0n) is 25.6. The van der Waals surface area contributed by atoms with Crippen LogP contribution in [0.1, 0.15) is 37.3 Å². The number of hydrogen-bond donors (Lipinski definition) is 2. The highest BCUT2D eigenvalue weighted by atomic mass is 32.1. The van der Waals surface area contributed by atoms with Crippen LogP contribution in [0.25, 0.3) is 20.8 Å². The molecule has 3 aromatic heterocycles. The number of thiophene rings is 1. The topological polar surface area (TPSA) is 125 Å². The third-order valence-corrected chi connectivity index (χ3v) is 9.65. The predicted molar refractivity (Wildman–Crippen MR) is 172 cm³/mol. The van der Waals surface area contributed by atoms with Crippen molar-refractivity contribution in [2.75, 3.05) is 32.8 Å². The van der Waals surface area contributed by atoms with Crippen molar-refractivity contribution in [2.24, 2.45) is 5.92 Å². The molecule has 0 saturated carbocycles. The predicted octanol–water partition coefficient (Wildman–Crippen LogP) is 4.34. The molecule has 5 heterocycles. The number of carbonyl (C=O) groups excluding carboxylic acids is 3. The minimum absolute atomic E-state index is 0.0202. The van der Waals surface area contributed by atoms with Crippen LogP contribution in [-0.4, -0.2) is 81.3 Å². The molecule has 2 aliphatic heterocycles. The maximum Gasteiger partial charge on any atom is 0.245 e. The maximum absolute atomic E-state index is 15.1. The number of carbonyl (C=O) groups is 3. The number of nitrogens with zero attached hydrogens (tertiary/aromatic N) is 4. The van der Waals surface area contributed by atoms with E-state index in [-0.39, 0.29) is 41.7 Å². The number of halogens is 1. The zero-order chi connectivity index (χ0) is 32.2. The molecule has 10 nitrogen and oxygen atoms in total. The van der Waals surface area contributed by atoms with E-state index in [4.69, 9.17) is 14.8 Å². The zero-order valence-corrected chi connectivity index (χ0v) is 26.4. The van der Waals surface area contributed by atoms with E-state index in [1.807, 2.05) is 18.3 Å². The minimum atomic E-state index is -0.546. The Morgan fingerprint density at radius 2 is 1.83 bits per heavy atom. The van der Waals surface area contributed by atoms with Crippen LogP contribution in [0.3, 0.4) is 0 Å². The summed E-state index contributed by atoms with van der Waals surface area (Å²) in [6.45, 7) is 4.72. The van der Waals surface area contributed by atoms with Gasteiger partial charge in [-0.1, -0.05) is 12.1 Å². The summed E-state index contributed by atoms with van der Waals surface area (Å²) in [5, 5.41) is 11.8. The van der Waals surface area contributed by atoms with E-state index in [2.05, 4.69) is 21.3 Å². The number of hydrogen-bond acceptors (Lipinski definition) is 9. The number of pyridine rings is 2. The second-order valence-corrected chi connectivity index (χ2v) is 13.1. The van der Waals surface area contributed by atoms with Gasteiger partial charge < -0.3 is 20.1 Å². The van der Waals surface area contributed by atoms with Crippen molar-refractivity contribution in [3.05, 3.63) is 71.8 Å². The summed E-state index contributed by atoms with van der Waals surface area (Å²) in [6.07, 6.45) is 5.70.